The van der Waals surface area contributed by atoms with Crippen molar-refractivity contribution >= 4 is 21.8 Å². The number of benzene rings is 1. The molecule has 1 fully saturated rings. The summed E-state index contributed by atoms with van der Waals surface area (Å²) >= 11 is 3.20. The van der Waals surface area contributed by atoms with Gasteiger partial charge in [0.2, 0.25) is 0 Å². The summed E-state index contributed by atoms with van der Waals surface area (Å²) < 4.78 is 14.1. The van der Waals surface area contributed by atoms with Crippen LogP contribution in [0.25, 0.3) is 0 Å². The van der Waals surface area contributed by atoms with Crippen LogP contribution >= 0.6 is 15.9 Å². The van der Waals surface area contributed by atoms with E-state index in [1.807, 2.05) is 0 Å². The molecule has 18 heavy (non-hydrogen) atoms. The number of hydrogen-bond acceptors (Lipinski definition) is 2. The zero-order valence-corrected chi connectivity index (χ0v) is 11.5. The van der Waals surface area contributed by atoms with Crippen molar-refractivity contribution in [2.45, 2.75) is 37.8 Å². The molecule has 1 aliphatic rings. The van der Waals surface area contributed by atoms with E-state index in [-0.39, 0.29) is 23.6 Å². The van der Waals surface area contributed by atoms with Crippen molar-refractivity contribution in [3.05, 3.63) is 34.1 Å². The summed E-state index contributed by atoms with van der Waals surface area (Å²) in [7, 11) is 0. The molecule has 0 saturated heterocycles. The van der Waals surface area contributed by atoms with Crippen LogP contribution in [0.4, 0.5) is 4.39 Å². The molecule has 5 heteroatoms. The molecule has 1 aliphatic carbocycles. The van der Waals surface area contributed by atoms with Gasteiger partial charge >= 0.3 is 0 Å². The van der Waals surface area contributed by atoms with E-state index in [0.29, 0.717) is 4.47 Å². The number of nitrogens with two attached hydrogens (primary N) is 1. The molecular weight excluding hydrogens is 299 g/mol. The topological polar surface area (TPSA) is 55.1 Å². The summed E-state index contributed by atoms with van der Waals surface area (Å²) in [4.78, 5) is 12.0. The third kappa shape index (κ3) is 3.09. The number of carbonyl (C=O) groups is 1. The molecule has 0 heterocycles. The van der Waals surface area contributed by atoms with Gasteiger partial charge in [-0.05, 0) is 53.7 Å². The number of carbonyl (C=O) groups excluding carboxylic acids is 1. The van der Waals surface area contributed by atoms with Crippen molar-refractivity contribution in [1.82, 2.24) is 5.32 Å². The third-order valence-corrected chi connectivity index (χ3v) is 3.96. The SMILES string of the molecule is NC1CCC(NC(=O)c2c(F)cccc2Br)CC1. The minimum Gasteiger partial charge on any atom is -0.349 e. The lowest BCUT2D eigenvalue weighted by atomic mass is 9.91. The molecule has 1 aromatic rings. The molecule has 0 atom stereocenters. The second-order valence-electron chi connectivity index (χ2n) is 4.68. The van der Waals surface area contributed by atoms with Gasteiger partial charge in [-0.1, -0.05) is 6.07 Å². The highest BCUT2D eigenvalue weighted by molar-refractivity contribution is 9.10. The maximum Gasteiger partial charge on any atom is 0.255 e. The fraction of sp³-hybridized carbons (Fsp3) is 0.462. The molecule has 0 spiro atoms. The van der Waals surface area contributed by atoms with Crippen LogP contribution in [0.3, 0.4) is 0 Å². The maximum atomic E-state index is 13.6. The van der Waals surface area contributed by atoms with E-state index in [1.165, 1.54) is 6.07 Å². The standard InChI is InChI=1S/C13H16BrFN2O/c14-10-2-1-3-11(15)12(10)13(18)17-9-6-4-8(16)5-7-9/h1-3,8-9H,4-7,16H2,(H,17,18). The molecule has 1 saturated carbocycles. The highest BCUT2D eigenvalue weighted by Gasteiger charge is 2.22. The Morgan fingerprint density at radius 1 is 1.33 bits per heavy atom. The summed E-state index contributed by atoms with van der Waals surface area (Å²) in [6.45, 7) is 0. The fourth-order valence-electron chi connectivity index (χ4n) is 2.24. The molecule has 0 unspecified atom stereocenters. The first-order valence-electron chi connectivity index (χ1n) is 6.08. The highest BCUT2D eigenvalue weighted by Crippen LogP contribution is 2.21. The number of halogens is 2. The minimum atomic E-state index is -0.505. The predicted molar refractivity (Wildman–Crippen MR) is 71.8 cm³/mol. The molecule has 1 aromatic carbocycles. The second kappa shape index (κ2) is 5.80. The minimum absolute atomic E-state index is 0.0763. The third-order valence-electron chi connectivity index (χ3n) is 3.30. The van der Waals surface area contributed by atoms with E-state index in [0.717, 1.165) is 25.7 Å². The molecule has 98 valence electrons. The maximum absolute atomic E-state index is 13.6. The van der Waals surface area contributed by atoms with Gasteiger partial charge in [0, 0.05) is 16.6 Å². The van der Waals surface area contributed by atoms with E-state index in [4.69, 9.17) is 5.73 Å². The van der Waals surface area contributed by atoms with Crippen LogP contribution in [0.15, 0.2) is 22.7 Å². The lowest BCUT2D eigenvalue weighted by Gasteiger charge is -2.27. The average Bonchev–Trinajstić information content (AvgIpc) is 2.32. The van der Waals surface area contributed by atoms with Crippen LogP contribution in [0, 0.1) is 5.82 Å². The van der Waals surface area contributed by atoms with Gasteiger partial charge in [0.25, 0.3) is 5.91 Å². The largest absolute Gasteiger partial charge is 0.349 e. The van der Waals surface area contributed by atoms with Crippen molar-refractivity contribution < 1.29 is 9.18 Å². The van der Waals surface area contributed by atoms with Crippen molar-refractivity contribution in [1.29, 1.82) is 0 Å². The normalized spacial score (nSPS) is 23.7. The van der Waals surface area contributed by atoms with Crippen molar-refractivity contribution in [3.63, 3.8) is 0 Å². The first-order valence-corrected chi connectivity index (χ1v) is 6.87. The zero-order valence-electron chi connectivity index (χ0n) is 9.96. The van der Waals surface area contributed by atoms with E-state index >= 15 is 0 Å². The van der Waals surface area contributed by atoms with Crippen LogP contribution < -0.4 is 11.1 Å². The second-order valence-corrected chi connectivity index (χ2v) is 5.54. The quantitative estimate of drug-likeness (QED) is 0.881. The average molecular weight is 315 g/mol. The van der Waals surface area contributed by atoms with Gasteiger partial charge in [0.05, 0.1) is 5.56 Å². The van der Waals surface area contributed by atoms with Gasteiger partial charge in [-0.25, -0.2) is 4.39 Å². The molecule has 0 radical (unpaired) electrons. The molecule has 0 bridgehead atoms. The summed E-state index contributed by atoms with van der Waals surface area (Å²) in [5.41, 5.74) is 5.88. The smallest absolute Gasteiger partial charge is 0.255 e. The van der Waals surface area contributed by atoms with Crippen molar-refractivity contribution in [2.75, 3.05) is 0 Å². The number of nitrogens with one attached hydrogen (secondary N) is 1. The Hall–Kier alpha value is -0.940. The zero-order chi connectivity index (χ0) is 13.1. The first-order chi connectivity index (χ1) is 8.58. The van der Waals surface area contributed by atoms with Gasteiger partial charge in [-0.3, -0.25) is 4.79 Å². The summed E-state index contributed by atoms with van der Waals surface area (Å²) in [6, 6.07) is 4.85. The number of hydrogen-bond donors (Lipinski definition) is 2. The van der Waals surface area contributed by atoms with Crippen LogP contribution in [0.1, 0.15) is 36.0 Å². The van der Waals surface area contributed by atoms with E-state index in [9.17, 15) is 9.18 Å². The first kappa shape index (κ1) is 13.5. The fourth-order valence-corrected chi connectivity index (χ4v) is 2.76. The Balaban J connectivity index is 2.04. The van der Waals surface area contributed by atoms with Crippen LogP contribution in [0.2, 0.25) is 0 Å². The molecule has 0 aromatic heterocycles. The Labute approximate surface area is 114 Å². The summed E-state index contributed by atoms with van der Waals surface area (Å²) in [6.07, 6.45) is 3.53. The molecule has 0 aliphatic heterocycles. The summed E-state index contributed by atoms with van der Waals surface area (Å²) in [5.74, 6) is -0.866. The molecule has 3 N–H and O–H groups in total. The van der Waals surface area contributed by atoms with Crippen molar-refractivity contribution in [3.8, 4) is 0 Å². The van der Waals surface area contributed by atoms with Gasteiger partial charge in [-0.2, -0.15) is 0 Å². The Morgan fingerprint density at radius 3 is 2.61 bits per heavy atom. The van der Waals surface area contributed by atoms with Gasteiger partial charge in [0.15, 0.2) is 0 Å². The van der Waals surface area contributed by atoms with Gasteiger partial charge in [-0.15, -0.1) is 0 Å². The lowest BCUT2D eigenvalue weighted by molar-refractivity contribution is 0.0921. The van der Waals surface area contributed by atoms with E-state index in [1.54, 1.807) is 12.1 Å². The molecule has 2 rings (SSSR count). The van der Waals surface area contributed by atoms with Crippen LogP contribution in [-0.4, -0.2) is 18.0 Å². The Bertz CT molecular complexity index is 424. The highest BCUT2D eigenvalue weighted by atomic mass is 79.9. The number of rotatable bonds is 2. The lowest BCUT2D eigenvalue weighted by Crippen LogP contribution is -2.40. The van der Waals surface area contributed by atoms with Gasteiger partial charge in [0.1, 0.15) is 5.82 Å². The summed E-state index contributed by atoms with van der Waals surface area (Å²) in [5, 5.41) is 2.87. The molecular formula is C13H16BrFN2O. The Morgan fingerprint density at radius 2 is 2.00 bits per heavy atom. The Kier molecular flexibility index (Phi) is 4.35. The van der Waals surface area contributed by atoms with Crippen molar-refractivity contribution in [2.24, 2.45) is 5.73 Å². The predicted octanol–water partition coefficient (Wildman–Crippen LogP) is 2.59. The van der Waals surface area contributed by atoms with Gasteiger partial charge < -0.3 is 11.1 Å². The molecule has 1 amide bonds. The monoisotopic (exact) mass is 314 g/mol. The van der Waals surface area contributed by atoms with E-state index < -0.39 is 5.82 Å². The van der Waals surface area contributed by atoms with E-state index in [2.05, 4.69) is 21.2 Å². The van der Waals surface area contributed by atoms with Crippen LogP contribution in [0.5, 0.6) is 0 Å². The van der Waals surface area contributed by atoms with Crippen LogP contribution in [-0.2, 0) is 0 Å². The molecule has 3 nitrogen and oxygen atoms in total. The number of amides is 1.